The monoisotopic (exact) mass is 899 g/mol. The minimum Gasteiger partial charge on any atom is -0.686 e. The second kappa shape index (κ2) is 24.5. The fraction of sp³-hybridized carbons (Fsp3) is 0.532. The Morgan fingerprint density at radius 3 is 1.69 bits per heavy atom. The molecular weight excluding hydrogens is 833 g/mol. The molecule has 0 saturated carbocycles. The molecule has 1 fully saturated rings. The third-order valence-electron chi connectivity index (χ3n) is 11.5. The van der Waals surface area contributed by atoms with Crippen LogP contribution in [0.2, 0.25) is 0 Å². The van der Waals surface area contributed by atoms with E-state index >= 15 is 0 Å². The van der Waals surface area contributed by atoms with Gasteiger partial charge in [0.05, 0.1) is 53.1 Å². The maximum atomic E-state index is 14.6. The summed E-state index contributed by atoms with van der Waals surface area (Å²) in [5.41, 5.74) is 0.342. The van der Waals surface area contributed by atoms with Crippen molar-refractivity contribution in [2.24, 2.45) is 0 Å². The van der Waals surface area contributed by atoms with Crippen LogP contribution in [0.25, 0.3) is 0 Å². The lowest BCUT2D eigenvalue weighted by molar-refractivity contribution is -0.929. The summed E-state index contributed by atoms with van der Waals surface area (Å²) in [6.45, 7) is 16.5. The van der Waals surface area contributed by atoms with Crippen LogP contribution in [0.4, 0.5) is 4.20 Å². The van der Waals surface area contributed by atoms with Crippen molar-refractivity contribution in [2.45, 2.75) is 116 Å². The first kappa shape index (κ1) is 50.4. The standard InChI is InChI=1S/C31H32FN2O7PS2.C16H36N/c1-20-18-34(30(36)33-29(20)35)28-17-26(41-42(32,43)44)27(40-28)19-39-31(21-7-5-4-6-8-21,22-9-13-24(37-2)14-10-22)23-11-15-25(38-3)16-12-23;1-5-9-13-17(14-10-6-2,15-11-7-3)16-12-8-4/h4-16,18,26-28H,17,19H2,1-3H3,(H,43,44)(H,33,35,36);5-16H2,1-4H3/q;+1/p-1/t26-,27+,28+;/m0./s1. The molecule has 0 spiro atoms. The minimum atomic E-state index is -4.05. The fourth-order valence-corrected chi connectivity index (χ4v) is 9.23. The maximum absolute atomic E-state index is 14.6. The van der Waals surface area contributed by atoms with Gasteiger partial charge < -0.3 is 40.2 Å². The minimum absolute atomic E-state index is 0.0573. The van der Waals surface area contributed by atoms with Gasteiger partial charge in [0.1, 0.15) is 35.2 Å². The number of nitrogens with zero attached hydrogens (tertiary/aromatic N) is 2. The van der Waals surface area contributed by atoms with E-state index in [4.69, 9.17) is 47.5 Å². The summed E-state index contributed by atoms with van der Waals surface area (Å²) in [6.07, 6.45) is 9.83. The number of ether oxygens (including phenoxy) is 4. The third-order valence-corrected chi connectivity index (χ3v) is 12.5. The molecule has 61 heavy (non-hydrogen) atoms. The summed E-state index contributed by atoms with van der Waals surface area (Å²) in [6, 6.07) is 24.7. The van der Waals surface area contributed by atoms with Crippen LogP contribution < -0.4 is 20.7 Å². The zero-order chi connectivity index (χ0) is 44.5. The van der Waals surface area contributed by atoms with E-state index in [0.29, 0.717) is 17.1 Å². The lowest BCUT2D eigenvalue weighted by Gasteiger charge is -2.39. The van der Waals surface area contributed by atoms with E-state index in [-0.39, 0.29) is 13.0 Å². The molecule has 1 N–H and O–H groups in total. The molecule has 1 saturated heterocycles. The number of aromatic nitrogens is 2. The molecule has 0 radical (unpaired) electrons. The normalized spacial score (nSPS) is 17.6. The van der Waals surface area contributed by atoms with Gasteiger partial charge >= 0.3 is 5.69 Å². The third kappa shape index (κ3) is 14.1. The number of unbranched alkanes of at least 4 members (excludes halogenated alkanes) is 4. The summed E-state index contributed by atoms with van der Waals surface area (Å²) in [5, 5.41) is 0. The van der Waals surface area contributed by atoms with Crippen LogP contribution in [-0.2, 0) is 43.7 Å². The number of aromatic amines is 1. The number of rotatable bonds is 23. The summed E-state index contributed by atoms with van der Waals surface area (Å²) in [4.78, 5) is 26.9. The van der Waals surface area contributed by atoms with Crippen LogP contribution in [0, 0.1) is 6.92 Å². The molecular formula is C47H67FN3O7PS2. The van der Waals surface area contributed by atoms with Crippen molar-refractivity contribution in [1.29, 1.82) is 0 Å². The van der Waals surface area contributed by atoms with E-state index in [1.807, 2.05) is 78.9 Å². The van der Waals surface area contributed by atoms with Crippen molar-refractivity contribution < 1.29 is 32.2 Å². The number of aryl methyl sites for hydroxylation is 1. The van der Waals surface area contributed by atoms with Crippen molar-refractivity contribution >= 4 is 29.8 Å². The number of halogens is 1. The molecule has 5 rings (SSSR count). The number of methoxy groups -OCH3 is 2. The number of quaternary nitrogens is 1. The summed E-state index contributed by atoms with van der Waals surface area (Å²) in [5.74, 6) is -2.71. The van der Waals surface area contributed by atoms with E-state index in [2.05, 4.69) is 32.7 Å². The summed E-state index contributed by atoms with van der Waals surface area (Å²) in [7, 11) is 3.18. The Kier molecular flexibility index (Phi) is 20.2. The Labute approximate surface area is 373 Å². The zero-order valence-electron chi connectivity index (χ0n) is 37.1. The average Bonchev–Trinajstić information content (AvgIpc) is 3.66. The molecule has 10 nitrogen and oxygen atoms in total. The SMILES string of the molecule is CCCC[N+](CCCC)(CCCC)CCCC.COc1ccc(C(OC[C@H]2O[C@@H](n3cc(C)c(=O)[nH]c3=O)C[C@@H]2OP(F)(=S)[S-])(c2ccccc2)c2ccc(OC)cc2)cc1. The fourth-order valence-electron chi connectivity index (χ4n) is 8.02. The second-order valence-corrected chi connectivity index (χ2v) is 20.5. The largest absolute Gasteiger partial charge is 0.686 e. The predicted octanol–water partition coefficient (Wildman–Crippen LogP) is 10.3. The van der Waals surface area contributed by atoms with E-state index in [0.717, 1.165) is 16.7 Å². The van der Waals surface area contributed by atoms with Crippen molar-refractivity contribution in [2.75, 3.05) is 47.0 Å². The molecule has 3 aromatic carbocycles. The average molecular weight is 900 g/mol. The Morgan fingerprint density at radius 1 is 0.803 bits per heavy atom. The Balaban J connectivity index is 0.000000408. The lowest BCUT2D eigenvalue weighted by atomic mass is 9.80. The van der Waals surface area contributed by atoms with Crippen molar-refractivity contribution in [1.82, 2.24) is 9.55 Å². The van der Waals surface area contributed by atoms with Gasteiger partial charge in [0.15, 0.2) is 0 Å². The van der Waals surface area contributed by atoms with Gasteiger partial charge in [-0.3, -0.25) is 14.3 Å². The molecule has 336 valence electrons. The first-order chi connectivity index (χ1) is 29.3. The molecule has 0 amide bonds. The summed E-state index contributed by atoms with van der Waals surface area (Å²) >= 11 is 9.66. The van der Waals surface area contributed by atoms with Gasteiger partial charge in [0.25, 0.3) is 5.56 Å². The lowest BCUT2D eigenvalue weighted by Crippen LogP contribution is -2.50. The predicted molar refractivity (Wildman–Crippen MR) is 250 cm³/mol. The van der Waals surface area contributed by atoms with E-state index in [1.165, 1.54) is 92.8 Å². The molecule has 0 bridgehead atoms. The number of benzene rings is 3. The first-order valence-electron chi connectivity index (χ1n) is 21.8. The summed E-state index contributed by atoms with van der Waals surface area (Å²) < 4.78 is 46.8. The second-order valence-electron chi connectivity index (χ2n) is 15.9. The van der Waals surface area contributed by atoms with E-state index in [9.17, 15) is 13.8 Å². The smallest absolute Gasteiger partial charge is 0.330 e. The van der Waals surface area contributed by atoms with Gasteiger partial charge in [-0.1, -0.05) is 120 Å². The quantitative estimate of drug-likeness (QED) is 0.0338. The van der Waals surface area contributed by atoms with Gasteiger partial charge in [-0.25, -0.2) is 8.99 Å². The van der Waals surface area contributed by atoms with Gasteiger partial charge in [-0.15, -0.1) is 0 Å². The highest BCUT2D eigenvalue weighted by Gasteiger charge is 2.43. The van der Waals surface area contributed by atoms with Crippen LogP contribution in [0.5, 0.6) is 11.5 Å². The zero-order valence-corrected chi connectivity index (χ0v) is 39.6. The van der Waals surface area contributed by atoms with Gasteiger partial charge in [0.2, 0.25) is 0 Å². The number of nitrogens with one attached hydrogen (secondary N) is 1. The Hall–Kier alpha value is -3.29. The van der Waals surface area contributed by atoms with Crippen LogP contribution in [0.3, 0.4) is 0 Å². The van der Waals surface area contributed by atoms with Gasteiger partial charge in [0, 0.05) is 18.2 Å². The van der Waals surface area contributed by atoms with Crippen LogP contribution in [-0.4, -0.2) is 73.2 Å². The highest BCUT2D eigenvalue weighted by atomic mass is 32.9. The number of hydrogen-bond donors (Lipinski definition) is 1. The van der Waals surface area contributed by atoms with E-state index < -0.39 is 41.1 Å². The van der Waals surface area contributed by atoms with Crippen LogP contribution >= 0.6 is 5.78 Å². The molecule has 1 aromatic heterocycles. The topological polar surface area (TPSA) is 101 Å². The molecule has 2 heterocycles. The molecule has 14 heteroatoms. The highest BCUT2D eigenvalue weighted by molar-refractivity contribution is 8.51. The molecule has 1 aliphatic rings. The van der Waals surface area contributed by atoms with Gasteiger partial charge in [-0.2, -0.15) is 0 Å². The molecule has 0 aliphatic carbocycles. The van der Waals surface area contributed by atoms with Crippen LogP contribution in [0.1, 0.15) is 114 Å². The van der Waals surface area contributed by atoms with Crippen molar-refractivity contribution in [3.8, 4) is 11.5 Å². The number of H-pyrrole nitrogens is 1. The maximum Gasteiger partial charge on any atom is 0.330 e. The Morgan fingerprint density at radius 2 is 1.26 bits per heavy atom. The molecule has 1 aliphatic heterocycles. The van der Waals surface area contributed by atoms with E-state index in [1.54, 1.807) is 21.1 Å². The molecule has 4 aromatic rings. The first-order valence-corrected chi connectivity index (χ1v) is 25.4. The van der Waals surface area contributed by atoms with Crippen molar-refractivity contribution in [3.63, 3.8) is 0 Å². The molecule has 4 atom stereocenters. The highest BCUT2D eigenvalue weighted by Crippen LogP contribution is 2.51. The number of hydrogen-bond acceptors (Lipinski definition) is 9. The Bertz CT molecular complexity index is 1980. The molecule has 1 unspecified atom stereocenters. The van der Waals surface area contributed by atoms with Crippen molar-refractivity contribution in [3.05, 3.63) is 128 Å². The van der Waals surface area contributed by atoms with Crippen LogP contribution in [0.15, 0.2) is 94.6 Å². The van der Waals surface area contributed by atoms with Gasteiger partial charge in [-0.05, 0) is 73.6 Å².